The molecule has 0 bridgehead atoms. The minimum absolute atomic E-state index is 0.175. The third-order valence-corrected chi connectivity index (χ3v) is 8.80. The lowest BCUT2D eigenvalue weighted by atomic mass is 9.74. The quantitative estimate of drug-likeness (QED) is 0.736. The van der Waals surface area contributed by atoms with E-state index in [9.17, 15) is 13.5 Å². The standard InChI is InChI=1S/C23H32N2O3S2/c1-16-6-11-22(26)20(13-16)21-5-3-4-12-25(21)14-18-15-29-23(24-18)17-7-9-19(10-8-17)30(2,27)28/h7-10,15-16,20-22,26H,3-6,11-14H2,1-2H3/t16-,20-,21+,22+/m1/s1. The second-order valence-electron chi connectivity index (χ2n) is 9.12. The van der Waals surface area contributed by atoms with Crippen LogP contribution in [0.5, 0.6) is 0 Å². The van der Waals surface area contributed by atoms with Gasteiger partial charge in [0.05, 0.1) is 16.7 Å². The summed E-state index contributed by atoms with van der Waals surface area (Å²) in [7, 11) is -3.19. The molecular formula is C23H32N2O3S2. The summed E-state index contributed by atoms with van der Waals surface area (Å²) in [6.07, 6.45) is 7.86. The molecule has 2 aromatic rings. The fraction of sp³-hybridized carbons (Fsp3) is 0.609. The Morgan fingerprint density at radius 3 is 2.67 bits per heavy atom. The van der Waals surface area contributed by atoms with Gasteiger partial charge in [-0.3, -0.25) is 4.90 Å². The maximum absolute atomic E-state index is 11.7. The minimum Gasteiger partial charge on any atom is -0.393 e. The number of likely N-dealkylation sites (tertiary alicyclic amines) is 1. The Morgan fingerprint density at radius 2 is 1.93 bits per heavy atom. The van der Waals surface area contributed by atoms with Crippen LogP contribution in [0.1, 0.15) is 51.1 Å². The molecular weight excluding hydrogens is 416 g/mol. The highest BCUT2D eigenvalue weighted by atomic mass is 32.2. The van der Waals surface area contributed by atoms with Crippen LogP contribution in [-0.4, -0.2) is 48.4 Å². The molecule has 5 nitrogen and oxygen atoms in total. The van der Waals surface area contributed by atoms with Gasteiger partial charge in [0.15, 0.2) is 9.84 Å². The normalized spacial score (nSPS) is 28.5. The van der Waals surface area contributed by atoms with E-state index in [0.29, 0.717) is 22.8 Å². The predicted molar refractivity (Wildman–Crippen MR) is 121 cm³/mol. The second-order valence-corrected chi connectivity index (χ2v) is 12.0. The number of benzene rings is 1. The van der Waals surface area contributed by atoms with Gasteiger partial charge < -0.3 is 5.11 Å². The summed E-state index contributed by atoms with van der Waals surface area (Å²) in [6.45, 7) is 4.20. The first kappa shape index (κ1) is 21.9. The van der Waals surface area contributed by atoms with Gasteiger partial charge in [-0.05, 0) is 56.7 Å². The molecule has 1 saturated heterocycles. The summed E-state index contributed by atoms with van der Waals surface area (Å²) < 4.78 is 23.3. The van der Waals surface area contributed by atoms with Crippen LogP contribution in [0.2, 0.25) is 0 Å². The highest BCUT2D eigenvalue weighted by molar-refractivity contribution is 7.90. The number of hydrogen-bond acceptors (Lipinski definition) is 6. The second kappa shape index (κ2) is 9.07. The first-order valence-electron chi connectivity index (χ1n) is 11.0. The largest absolute Gasteiger partial charge is 0.393 e. The third-order valence-electron chi connectivity index (χ3n) is 6.73. The monoisotopic (exact) mass is 448 g/mol. The van der Waals surface area contributed by atoms with Crippen LogP contribution in [0.3, 0.4) is 0 Å². The van der Waals surface area contributed by atoms with E-state index in [1.165, 1.54) is 25.5 Å². The Balaban J connectivity index is 1.48. The Morgan fingerprint density at radius 1 is 1.17 bits per heavy atom. The molecule has 2 fully saturated rings. The molecule has 0 unspecified atom stereocenters. The van der Waals surface area contributed by atoms with Gasteiger partial charge in [-0.15, -0.1) is 11.3 Å². The van der Waals surface area contributed by atoms with Gasteiger partial charge in [0.25, 0.3) is 0 Å². The van der Waals surface area contributed by atoms with Crippen molar-refractivity contribution in [2.45, 2.75) is 69.0 Å². The fourth-order valence-corrected chi connectivity index (χ4v) is 6.53. The van der Waals surface area contributed by atoms with Gasteiger partial charge in [-0.2, -0.15) is 0 Å². The van der Waals surface area contributed by atoms with Crippen LogP contribution >= 0.6 is 11.3 Å². The van der Waals surface area contributed by atoms with Gasteiger partial charge in [-0.25, -0.2) is 13.4 Å². The van der Waals surface area contributed by atoms with E-state index in [2.05, 4.69) is 17.2 Å². The maximum Gasteiger partial charge on any atom is 0.175 e. The van der Waals surface area contributed by atoms with E-state index in [4.69, 9.17) is 4.98 Å². The van der Waals surface area contributed by atoms with Crippen LogP contribution in [0.4, 0.5) is 0 Å². The lowest BCUT2D eigenvalue weighted by molar-refractivity contribution is -0.0207. The summed E-state index contributed by atoms with van der Waals surface area (Å²) in [5.74, 6) is 1.07. The Hall–Kier alpha value is -1.28. The third kappa shape index (κ3) is 4.96. The molecule has 2 heterocycles. The summed E-state index contributed by atoms with van der Waals surface area (Å²) in [6, 6.07) is 7.41. The molecule has 1 N–H and O–H groups in total. The summed E-state index contributed by atoms with van der Waals surface area (Å²) in [5.41, 5.74) is 2.01. The van der Waals surface area contributed by atoms with Crippen LogP contribution in [0.25, 0.3) is 10.6 Å². The molecule has 1 aromatic heterocycles. The minimum atomic E-state index is -3.19. The van der Waals surface area contributed by atoms with Crippen molar-refractivity contribution in [3.8, 4) is 10.6 Å². The van der Waals surface area contributed by atoms with Gasteiger partial charge in [-0.1, -0.05) is 25.5 Å². The maximum atomic E-state index is 11.7. The van der Waals surface area contributed by atoms with E-state index in [1.807, 2.05) is 12.1 Å². The molecule has 0 spiro atoms. The molecule has 1 aliphatic carbocycles. The van der Waals surface area contributed by atoms with Gasteiger partial charge in [0.2, 0.25) is 0 Å². The Kier molecular flexibility index (Phi) is 6.63. The molecule has 4 atom stereocenters. The highest BCUT2D eigenvalue weighted by Gasteiger charge is 2.37. The van der Waals surface area contributed by atoms with Crippen molar-refractivity contribution in [1.82, 2.24) is 9.88 Å². The van der Waals surface area contributed by atoms with Gasteiger partial charge >= 0.3 is 0 Å². The first-order valence-corrected chi connectivity index (χ1v) is 13.8. The number of nitrogens with zero attached hydrogens (tertiary/aromatic N) is 2. The predicted octanol–water partition coefficient (Wildman–Crippen LogP) is 4.37. The van der Waals surface area contributed by atoms with Crippen LogP contribution in [0.15, 0.2) is 34.5 Å². The van der Waals surface area contributed by atoms with Crippen LogP contribution < -0.4 is 0 Å². The molecule has 0 amide bonds. The number of thiazole rings is 1. The Bertz CT molecular complexity index is 955. The average molecular weight is 449 g/mol. The topological polar surface area (TPSA) is 70.5 Å². The van der Waals surface area contributed by atoms with Crippen molar-refractivity contribution in [3.05, 3.63) is 35.3 Å². The number of rotatable bonds is 5. The lowest BCUT2D eigenvalue weighted by Gasteiger charge is -2.44. The SMILES string of the molecule is C[C@@H]1CC[C@H](O)[C@@H]([C@@H]2CCCCN2Cc2csc(-c3ccc(S(C)(=O)=O)cc3)n2)C1. The molecule has 30 heavy (non-hydrogen) atoms. The smallest absolute Gasteiger partial charge is 0.175 e. The molecule has 1 aromatic carbocycles. The molecule has 164 valence electrons. The van der Waals surface area contributed by atoms with Crippen molar-refractivity contribution < 1.29 is 13.5 Å². The van der Waals surface area contributed by atoms with Gasteiger partial charge in [0, 0.05) is 35.7 Å². The molecule has 2 aliphatic rings. The zero-order valence-corrected chi connectivity index (χ0v) is 19.5. The summed E-state index contributed by atoms with van der Waals surface area (Å²) >= 11 is 1.61. The van der Waals surface area contributed by atoms with E-state index < -0.39 is 9.84 Å². The molecule has 1 saturated carbocycles. The lowest BCUT2D eigenvalue weighted by Crippen LogP contribution is -2.49. The zero-order chi connectivity index (χ0) is 21.3. The molecule has 1 aliphatic heterocycles. The summed E-state index contributed by atoms with van der Waals surface area (Å²) in [5, 5.41) is 13.7. The number of hydrogen-bond donors (Lipinski definition) is 1. The number of aliphatic hydroxyl groups is 1. The Labute approximate surface area is 184 Å². The number of aromatic nitrogens is 1. The summed E-state index contributed by atoms with van der Waals surface area (Å²) in [4.78, 5) is 7.72. The molecule has 4 rings (SSSR count). The molecule has 7 heteroatoms. The first-order chi connectivity index (χ1) is 14.3. The van der Waals surface area contributed by atoms with Crippen LogP contribution in [-0.2, 0) is 16.4 Å². The van der Waals surface area contributed by atoms with Crippen molar-refractivity contribution in [1.29, 1.82) is 0 Å². The highest BCUT2D eigenvalue weighted by Crippen LogP contribution is 2.37. The van der Waals surface area contributed by atoms with Crippen molar-refractivity contribution in [2.75, 3.05) is 12.8 Å². The van der Waals surface area contributed by atoms with E-state index in [0.717, 1.165) is 48.6 Å². The van der Waals surface area contributed by atoms with Crippen molar-refractivity contribution in [2.24, 2.45) is 11.8 Å². The van der Waals surface area contributed by atoms with Crippen molar-refractivity contribution in [3.63, 3.8) is 0 Å². The van der Waals surface area contributed by atoms with E-state index >= 15 is 0 Å². The number of aliphatic hydroxyl groups excluding tert-OH is 1. The molecule has 0 radical (unpaired) electrons. The van der Waals surface area contributed by atoms with Crippen LogP contribution in [0, 0.1) is 11.8 Å². The number of piperidine rings is 1. The van der Waals surface area contributed by atoms with E-state index in [-0.39, 0.29) is 6.10 Å². The number of sulfone groups is 1. The average Bonchev–Trinajstić information content (AvgIpc) is 3.18. The van der Waals surface area contributed by atoms with E-state index in [1.54, 1.807) is 23.5 Å². The zero-order valence-electron chi connectivity index (χ0n) is 17.8. The van der Waals surface area contributed by atoms with Gasteiger partial charge in [0.1, 0.15) is 5.01 Å². The van der Waals surface area contributed by atoms with Crippen molar-refractivity contribution >= 4 is 21.2 Å². The fourth-order valence-electron chi connectivity index (χ4n) is 5.09.